The van der Waals surface area contributed by atoms with Crippen LogP contribution in [0.25, 0.3) is 0 Å². The van der Waals surface area contributed by atoms with Crippen LogP contribution in [-0.4, -0.2) is 6.71 Å². The lowest BCUT2D eigenvalue weighted by Gasteiger charge is -2.10. The lowest BCUT2D eigenvalue weighted by Crippen LogP contribution is -2.21. The first-order valence-corrected chi connectivity index (χ1v) is 6.94. The Kier molecular flexibility index (Phi) is 4.31. The van der Waals surface area contributed by atoms with Gasteiger partial charge in [-0.05, 0) is 35.7 Å². The van der Waals surface area contributed by atoms with Gasteiger partial charge in [-0.15, -0.1) is 0 Å². The molecule has 1 nitrogen and oxygen atoms in total. The number of ether oxygens (including phenoxy) is 1. The molecular weight excluding hydrogens is 231 g/mol. The highest BCUT2D eigenvalue weighted by Crippen LogP contribution is 2.24. The van der Waals surface area contributed by atoms with E-state index in [0.29, 0.717) is 12.6 Å². The Morgan fingerprint density at radius 2 is 1.58 bits per heavy atom. The van der Waals surface area contributed by atoms with E-state index in [0.717, 1.165) is 11.5 Å². The molecule has 0 saturated carbocycles. The second-order valence-electron chi connectivity index (χ2n) is 5.55. The summed E-state index contributed by atoms with van der Waals surface area (Å²) in [5.74, 6) is 2.32. The van der Waals surface area contributed by atoms with Crippen molar-refractivity contribution in [2.24, 2.45) is 0 Å². The third-order valence-electron chi connectivity index (χ3n) is 3.31. The van der Waals surface area contributed by atoms with Crippen LogP contribution < -0.4 is 10.2 Å². The largest absolute Gasteiger partial charge is 0.457 e. The minimum absolute atomic E-state index is 0.520. The molecule has 0 aromatic heterocycles. The molecule has 0 aliphatic heterocycles. The zero-order valence-corrected chi connectivity index (χ0v) is 12.2. The van der Waals surface area contributed by atoms with Gasteiger partial charge in [-0.25, -0.2) is 0 Å². The van der Waals surface area contributed by atoms with E-state index in [-0.39, 0.29) is 0 Å². The first kappa shape index (κ1) is 13.7. The van der Waals surface area contributed by atoms with E-state index in [1.807, 2.05) is 24.3 Å². The van der Waals surface area contributed by atoms with Gasteiger partial charge in [0.15, 0.2) is 6.71 Å². The van der Waals surface area contributed by atoms with Crippen LogP contribution in [0.2, 0.25) is 13.6 Å². The first-order valence-electron chi connectivity index (χ1n) is 6.94. The number of hydrogen-bond donors (Lipinski definition) is 0. The van der Waals surface area contributed by atoms with E-state index in [1.165, 1.54) is 11.0 Å². The van der Waals surface area contributed by atoms with E-state index in [2.05, 4.69) is 51.8 Å². The fourth-order valence-electron chi connectivity index (χ4n) is 1.99. The monoisotopic (exact) mass is 252 g/mol. The maximum atomic E-state index is 5.90. The normalized spacial score (nSPS) is 10.6. The third-order valence-corrected chi connectivity index (χ3v) is 3.31. The summed E-state index contributed by atoms with van der Waals surface area (Å²) in [4.78, 5) is 0. The van der Waals surface area contributed by atoms with E-state index in [4.69, 9.17) is 4.74 Å². The minimum atomic E-state index is 0.520. The Hall–Kier alpha value is -1.70. The molecule has 2 aromatic carbocycles. The van der Waals surface area contributed by atoms with Crippen LogP contribution >= 0.6 is 0 Å². The number of benzene rings is 2. The number of rotatable bonds is 4. The van der Waals surface area contributed by atoms with Gasteiger partial charge in [0.05, 0.1) is 0 Å². The lowest BCUT2D eigenvalue weighted by atomic mass is 9.49. The van der Waals surface area contributed by atoms with Crippen molar-refractivity contribution in [3.8, 4) is 11.5 Å². The van der Waals surface area contributed by atoms with E-state index >= 15 is 0 Å². The molecule has 0 aliphatic carbocycles. The van der Waals surface area contributed by atoms with Crippen LogP contribution in [0.4, 0.5) is 0 Å². The Labute approximate surface area is 116 Å². The smallest absolute Gasteiger partial charge is 0.169 e. The SMILES string of the molecule is CB(C)c1ccc(Oc2cccc(C(C)C)c2)cc1. The van der Waals surface area contributed by atoms with Gasteiger partial charge in [0.2, 0.25) is 0 Å². The average Bonchev–Trinajstić information content (AvgIpc) is 2.39. The lowest BCUT2D eigenvalue weighted by molar-refractivity contribution is 0.481. The zero-order chi connectivity index (χ0) is 13.8. The van der Waals surface area contributed by atoms with Crippen molar-refractivity contribution in [2.45, 2.75) is 33.4 Å². The van der Waals surface area contributed by atoms with Crippen molar-refractivity contribution in [2.75, 3.05) is 0 Å². The van der Waals surface area contributed by atoms with Crippen LogP contribution in [-0.2, 0) is 0 Å². The van der Waals surface area contributed by atoms with Crippen LogP contribution in [0.5, 0.6) is 11.5 Å². The highest BCUT2D eigenvalue weighted by Gasteiger charge is 2.04. The molecule has 0 atom stereocenters. The quantitative estimate of drug-likeness (QED) is 0.724. The van der Waals surface area contributed by atoms with E-state index in [9.17, 15) is 0 Å². The summed E-state index contributed by atoms with van der Waals surface area (Å²) in [5.41, 5.74) is 2.64. The molecule has 2 rings (SSSR count). The summed E-state index contributed by atoms with van der Waals surface area (Å²) in [6.45, 7) is 9.33. The van der Waals surface area contributed by atoms with Gasteiger partial charge in [-0.2, -0.15) is 0 Å². The van der Waals surface area contributed by atoms with Crippen molar-refractivity contribution >= 4 is 12.2 Å². The predicted octanol–water partition coefficient (Wildman–Crippen LogP) is 4.56. The van der Waals surface area contributed by atoms with E-state index in [1.54, 1.807) is 0 Å². The molecule has 0 unspecified atom stereocenters. The molecule has 0 bridgehead atoms. The Balaban J connectivity index is 2.14. The standard InChI is InChI=1S/C17H21BO/c1-13(2)14-6-5-7-17(12-14)19-16-10-8-15(9-11-16)18(3)4/h5-13H,1-4H3. The summed E-state index contributed by atoms with van der Waals surface area (Å²) in [6, 6.07) is 16.6. The molecule has 0 fully saturated rings. The van der Waals surface area contributed by atoms with Crippen LogP contribution in [0.3, 0.4) is 0 Å². The molecule has 0 spiro atoms. The zero-order valence-electron chi connectivity index (χ0n) is 12.2. The number of hydrogen-bond acceptors (Lipinski definition) is 1. The maximum Gasteiger partial charge on any atom is 0.169 e. The summed E-state index contributed by atoms with van der Waals surface area (Å²) < 4.78 is 5.90. The van der Waals surface area contributed by atoms with Crippen LogP contribution in [0.1, 0.15) is 25.3 Å². The van der Waals surface area contributed by atoms with Crippen molar-refractivity contribution < 1.29 is 4.74 Å². The third kappa shape index (κ3) is 3.63. The summed E-state index contributed by atoms with van der Waals surface area (Å²) in [6.07, 6.45) is 0. The van der Waals surface area contributed by atoms with Crippen molar-refractivity contribution in [1.29, 1.82) is 0 Å². The van der Waals surface area contributed by atoms with Crippen molar-refractivity contribution in [3.05, 3.63) is 54.1 Å². The molecule has 19 heavy (non-hydrogen) atoms. The van der Waals surface area contributed by atoms with Gasteiger partial charge in [-0.3, -0.25) is 0 Å². The van der Waals surface area contributed by atoms with Gasteiger partial charge in [0, 0.05) is 0 Å². The summed E-state index contributed by atoms with van der Waals surface area (Å²) in [5, 5.41) is 0. The highest BCUT2D eigenvalue weighted by molar-refractivity contribution is 6.70. The molecule has 98 valence electrons. The molecule has 0 radical (unpaired) electrons. The summed E-state index contributed by atoms with van der Waals surface area (Å²) in [7, 11) is 0. The van der Waals surface area contributed by atoms with Gasteiger partial charge >= 0.3 is 0 Å². The average molecular weight is 252 g/mol. The molecular formula is C17H21BO. The van der Waals surface area contributed by atoms with Gasteiger partial charge < -0.3 is 4.74 Å². The molecule has 2 aromatic rings. The summed E-state index contributed by atoms with van der Waals surface area (Å²) >= 11 is 0. The van der Waals surface area contributed by atoms with Gasteiger partial charge in [0.25, 0.3) is 0 Å². The fourth-order valence-corrected chi connectivity index (χ4v) is 1.99. The molecule has 0 N–H and O–H groups in total. The Morgan fingerprint density at radius 3 is 2.16 bits per heavy atom. The molecule has 0 aliphatic rings. The van der Waals surface area contributed by atoms with Gasteiger partial charge in [0.1, 0.15) is 11.5 Å². The molecule has 2 heteroatoms. The Bertz CT molecular complexity index is 529. The fraction of sp³-hybridized carbons (Fsp3) is 0.294. The minimum Gasteiger partial charge on any atom is -0.457 e. The van der Waals surface area contributed by atoms with Crippen LogP contribution in [0, 0.1) is 0 Å². The van der Waals surface area contributed by atoms with Crippen LogP contribution in [0.15, 0.2) is 48.5 Å². The predicted molar refractivity (Wildman–Crippen MR) is 84.2 cm³/mol. The molecule has 0 heterocycles. The topological polar surface area (TPSA) is 9.23 Å². The van der Waals surface area contributed by atoms with Crippen molar-refractivity contribution in [1.82, 2.24) is 0 Å². The highest BCUT2D eigenvalue weighted by atomic mass is 16.5. The second kappa shape index (κ2) is 5.96. The Morgan fingerprint density at radius 1 is 0.895 bits per heavy atom. The maximum absolute atomic E-state index is 5.90. The first-order chi connectivity index (χ1) is 9.06. The van der Waals surface area contributed by atoms with Gasteiger partial charge in [-0.1, -0.05) is 57.2 Å². The molecule has 0 saturated heterocycles. The molecule has 0 amide bonds. The van der Waals surface area contributed by atoms with E-state index < -0.39 is 0 Å². The van der Waals surface area contributed by atoms with Crippen molar-refractivity contribution in [3.63, 3.8) is 0 Å². The second-order valence-corrected chi connectivity index (χ2v) is 5.55.